The molecule has 3 N–H and O–H groups in total. The Kier molecular flexibility index (Phi) is 1.94. The van der Waals surface area contributed by atoms with Crippen molar-refractivity contribution in [1.82, 2.24) is 20.0 Å². The van der Waals surface area contributed by atoms with Crippen LogP contribution in [0.5, 0.6) is 0 Å². The number of nitrogens with one attached hydrogen (secondary N) is 1. The number of anilines is 1. The Balaban J connectivity index is 2.33. The molecule has 0 radical (unpaired) electrons. The summed E-state index contributed by atoms with van der Waals surface area (Å²) in [6, 6.07) is 10.6. The molecule has 0 atom stereocenters. The minimum Gasteiger partial charge on any atom is -0.380 e. The van der Waals surface area contributed by atoms with Crippen molar-refractivity contribution in [3.05, 3.63) is 46.8 Å². The van der Waals surface area contributed by atoms with Gasteiger partial charge in [0.25, 0.3) is 5.56 Å². The van der Waals surface area contributed by atoms with Crippen molar-refractivity contribution in [2.24, 2.45) is 0 Å². The molecule has 1 aromatic carbocycles. The highest BCUT2D eigenvalue weighted by atomic mass is 16.1. The Hall–Kier alpha value is -2.63. The summed E-state index contributed by atoms with van der Waals surface area (Å²) in [5.74, 6) is 0.282. The van der Waals surface area contributed by atoms with Crippen LogP contribution in [0.3, 0.4) is 0 Å². The van der Waals surface area contributed by atoms with Gasteiger partial charge in [-0.05, 0) is 12.1 Å². The summed E-state index contributed by atoms with van der Waals surface area (Å²) in [6.07, 6.45) is 0. The van der Waals surface area contributed by atoms with Gasteiger partial charge in [-0.15, -0.1) is 0 Å². The van der Waals surface area contributed by atoms with E-state index in [0.717, 1.165) is 0 Å². The second-order valence-electron chi connectivity index (χ2n) is 3.60. The van der Waals surface area contributed by atoms with Crippen LogP contribution in [0.15, 0.2) is 41.2 Å². The second-order valence-corrected chi connectivity index (χ2v) is 3.60. The number of benzene rings is 1. The SMILES string of the molecule is Nc1n[nH]c2cc(=O)n(-c3ccccc3)nc12. The molecule has 17 heavy (non-hydrogen) atoms. The van der Waals surface area contributed by atoms with Crippen molar-refractivity contribution in [2.45, 2.75) is 0 Å². The lowest BCUT2D eigenvalue weighted by molar-refractivity contribution is 0.832. The molecular formula is C11H9N5O. The highest BCUT2D eigenvalue weighted by Crippen LogP contribution is 2.13. The van der Waals surface area contributed by atoms with Gasteiger partial charge in [0, 0.05) is 6.07 Å². The zero-order valence-corrected chi connectivity index (χ0v) is 8.79. The molecule has 0 aliphatic heterocycles. The summed E-state index contributed by atoms with van der Waals surface area (Å²) >= 11 is 0. The van der Waals surface area contributed by atoms with Gasteiger partial charge in [0.2, 0.25) is 0 Å². The molecule has 0 aliphatic carbocycles. The lowest BCUT2D eigenvalue weighted by Gasteiger charge is -2.03. The van der Waals surface area contributed by atoms with Crippen LogP contribution in [0.25, 0.3) is 16.7 Å². The molecule has 0 amide bonds. The summed E-state index contributed by atoms with van der Waals surface area (Å²) in [5, 5.41) is 10.7. The standard InChI is InChI=1S/C11H9N5O/c12-11-10-8(13-14-11)6-9(17)16(15-10)7-4-2-1-3-5-7/h1-6,13H,(H2,12,14). The summed E-state index contributed by atoms with van der Waals surface area (Å²) in [6.45, 7) is 0. The van der Waals surface area contributed by atoms with Gasteiger partial charge in [0.1, 0.15) is 0 Å². The molecule has 3 aromatic rings. The highest BCUT2D eigenvalue weighted by Gasteiger charge is 2.08. The van der Waals surface area contributed by atoms with Gasteiger partial charge in [-0.3, -0.25) is 9.89 Å². The molecule has 3 rings (SSSR count). The minimum absolute atomic E-state index is 0.229. The average molecular weight is 227 g/mol. The predicted octanol–water partition coefficient (Wildman–Crippen LogP) is 0.691. The van der Waals surface area contributed by atoms with Crippen LogP contribution in [0.4, 0.5) is 5.82 Å². The van der Waals surface area contributed by atoms with E-state index in [2.05, 4.69) is 15.3 Å². The normalized spacial score (nSPS) is 10.8. The molecule has 2 heterocycles. The zero-order valence-electron chi connectivity index (χ0n) is 8.79. The Morgan fingerprint density at radius 3 is 2.76 bits per heavy atom. The smallest absolute Gasteiger partial charge is 0.273 e. The zero-order chi connectivity index (χ0) is 11.8. The largest absolute Gasteiger partial charge is 0.380 e. The van der Waals surface area contributed by atoms with Gasteiger partial charge in [0.15, 0.2) is 11.3 Å². The third-order valence-electron chi connectivity index (χ3n) is 2.47. The number of fused-ring (bicyclic) bond motifs is 1. The molecular weight excluding hydrogens is 218 g/mol. The molecule has 0 saturated carbocycles. The third kappa shape index (κ3) is 1.46. The number of nitrogens with zero attached hydrogens (tertiary/aromatic N) is 3. The quantitative estimate of drug-likeness (QED) is 0.640. The summed E-state index contributed by atoms with van der Waals surface area (Å²) in [4.78, 5) is 11.9. The van der Waals surface area contributed by atoms with Crippen molar-refractivity contribution in [3.8, 4) is 5.69 Å². The summed E-state index contributed by atoms with van der Waals surface area (Å²) < 4.78 is 1.30. The predicted molar refractivity (Wildman–Crippen MR) is 63.9 cm³/mol. The third-order valence-corrected chi connectivity index (χ3v) is 2.47. The number of aromatic nitrogens is 4. The fourth-order valence-corrected chi connectivity index (χ4v) is 1.66. The molecule has 0 bridgehead atoms. The number of nitrogen functional groups attached to an aromatic ring is 1. The van der Waals surface area contributed by atoms with E-state index in [4.69, 9.17) is 5.73 Å². The van der Waals surface area contributed by atoms with Gasteiger partial charge in [-0.1, -0.05) is 18.2 Å². The van der Waals surface area contributed by atoms with Crippen LogP contribution in [-0.4, -0.2) is 20.0 Å². The van der Waals surface area contributed by atoms with Crippen molar-refractivity contribution >= 4 is 16.9 Å². The van der Waals surface area contributed by atoms with E-state index in [9.17, 15) is 4.79 Å². The van der Waals surface area contributed by atoms with Gasteiger partial charge >= 0.3 is 0 Å². The van der Waals surface area contributed by atoms with E-state index < -0.39 is 0 Å². The lowest BCUT2D eigenvalue weighted by atomic mass is 10.3. The van der Waals surface area contributed by atoms with Gasteiger partial charge < -0.3 is 5.73 Å². The highest BCUT2D eigenvalue weighted by molar-refractivity contribution is 5.83. The van der Waals surface area contributed by atoms with Crippen molar-refractivity contribution < 1.29 is 0 Å². The van der Waals surface area contributed by atoms with E-state index in [1.165, 1.54) is 10.7 Å². The molecule has 0 unspecified atom stereocenters. The van der Waals surface area contributed by atoms with E-state index >= 15 is 0 Å². The number of para-hydroxylation sites is 1. The monoisotopic (exact) mass is 227 g/mol. The van der Waals surface area contributed by atoms with Gasteiger partial charge in [-0.25, -0.2) is 0 Å². The first-order valence-corrected chi connectivity index (χ1v) is 5.05. The molecule has 0 saturated heterocycles. The van der Waals surface area contributed by atoms with Crippen LogP contribution >= 0.6 is 0 Å². The molecule has 84 valence electrons. The van der Waals surface area contributed by atoms with Crippen LogP contribution in [0, 0.1) is 0 Å². The fraction of sp³-hybridized carbons (Fsp3) is 0. The number of H-pyrrole nitrogens is 1. The maximum atomic E-state index is 11.9. The van der Waals surface area contributed by atoms with Crippen molar-refractivity contribution in [3.63, 3.8) is 0 Å². The van der Waals surface area contributed by atoms with Crippen LogP contribution in [-0.2, 0) is 0 Å². The molecule has 0 aliphatic rings. The van der Waals surface area contributed by atoms with Crippen LogP contribution in [0.2, 0.25) is 0 Å². The Morgan fingerprint density at radius 2 is 2.00 bits per heavy atom. The second kappa shape index (κ2) is 3.44. The Morgan fingerprint density at radius 1 is 1.24 bits per heavy atom. The Bertz CT molecular complexity index is 728. The van der Waals surface area contributed by atoms with E-state index in [1.807, 2.05) is 18.2 Å². The maximum Gasteiger partial charge on any atom is 0.273 e. The van der Waals surface area contributed by atoms with E-state index in [1.54, 1.807) is 12.1 Å². The first kappa shape index (κ1) is 9.59. The molecule has 0 fully saturated rings. The minimum atomic E-state index is -0.229. The van der Waals surface area contributed by atoms with Crippen LogP contribution in [0.1, 0.15) is 0 Å². The molecule has 6 heteroatoms. The van der Waals surface area contributed by atoms with E-state index in [0.29, 0.717) is 16.7 Å². The maximum absolute atomic E-state index is 11.9. The van der Waals surface area contributed by atoms with Crippen LogP contribution < -0.4 is 11.3 Å². The number of rotatable bonds is 1. The van der Waals surface area contributed by atoms with Gasteiger partial charge in [0.05, 0.1) is 11.2 Å². The first-order valence-electron chi connectivity index (χ1n) is 5.05. The average Bonchev–Trinajstić information content (AvgIpc) is 2.70. The Labute approximate surface area is 95.7 Å². The topological polar surface area (TPSA) is 89.6 Å². The fourth-order valence-electron chi connectivity index (χ4n) is 1.66. The number of hydrogen-bond acceptors (Lipinski definition) is 4. The first-order chi connectivity index (χ1) is 8.25. The lowest BCUT2D eigenvalue weighted by Crippen LogP contribution is -2.19. The molecule has 6 nitrogen and oxygen atoms in total. The van der Waals surface area contributed by atoms with Gasteiger partial charge in [-0.2, -0.15) is 14.9 Å². The number of aromatic amines is 1. The summed E-state index contributed by atoms with van der Waals surface area (Å²) in [5.41, 5.74) is 7.15. The van der Waals surface area contributed by atoms with Crippen molar-refractivity contribution in [2.75, 3.05) is 5.73 Å². The van der Waals surface area contributed by atoms with Crippen molar-refractivity contribution in [1.29, 1.82) is 0 Å². The molecule has 0 spiro atoms. The molecule has 2 aromatic heterocycles. The summed E-state index contributed by atoms with van der Waals surface area (Å²) in [7, 11) is 0. The van der Waals surface area contributed by atoms with E-state index in [-0.39, 0.29) is 11.4 Å². The number of nitrogens with two attached hydrogens (primary N) is 1. The number of hydrogen-bond donors (Lipinski definition) is 2.